The number of nitrogens with one attached hydrogen (secondary N) is 3. The van der Waals surface area contributed by atoms with Crippen molar-refractivity contribution in [2.45, 2.75) is 58.4 Å². The maximum atomic E-state index is 13.1. The summed E-state index contributed by atoms with van der Waals surface area (Å²) < 4.78 is 0. The molecule has 0 aliphatic carbocycles. The quantitative estimate of drug-likeness (QED) is 0.590. The molecule has 3 aromatic rings. The van der Waals surface area contributed by atoms with Crippen molar-refractivity contribution < 1.29 is 4.79 Å². The van der Waals surface area contributed by atoms with Gasteiger partial charge in [0.1, 0.15) is 0 Å². The molecule has 1 atom stereocenters. The van der Waals surface area contributed by atoms with Gasteiger partial charge in [-0.3, -0.25) is 9.78 Å². The zero-order valence-corrected chi connectivity index (χ0v) is 18.6. The highest BCUT2D eigenvalue weighted by atomic mass is 16.2. The summed E-state index contributed by atoms with van der Waals surface area (Å²) >= 11 is 0. The Bertz CT molecular complexity index is 1070. The van der Waals surface area contributed by atoms with E-state index in [0.29, 0.717) is 5.92 Å². The number of fused-ring (bicyclic) bond motifs is 1. The molecule has 5 heteroatoms. The zero-order chi connectivity index (χ0) is 21.5. The normalized spacial score (nSPS) is 17.1. The van der Waals surface area contributed by atoms with E-state index in [1.54, 1.807) is 0 Å². The molecule has 1 unspecified atom stereocenters. The molecule has 1 aliphatic rings. The largest absolute Gasteiger partial charge is 0.354 e. The predicted molar refractivity (Wildman–Crippen MR) is 123 cm³/mol. The Morgan fingerprint density at radius 2 is 2.03 bits per heavy atom. The minimum absolute atomic E-state index is 0.0853. The van der Waals surface area contributed by atoms with Gasteiger partial charge in [0, 0.05) is 40.9 Å². The van der Waals surface area contributed by atoms with E-state index in [4.69, 9.17) is 0 Å². The third-order valence-electron chi connectivity index (χ3n) is 6.29. The Morgan fingerprint density at radius 3 is 2.70 bits per heavy atom. The SMILES string of the molecule is Cc1cc(-c2[nH]c3ccc(C(C)(C)C(=O)NC4CCNC4)cc3c2C(C)C)ccn1. The number of aryl methyl sites for hydroxylation is 1. The highest BCUT2D eigenvalue weighted by Crippen LogP contribution is 2.37. The van der Waals surface area contributed by atoms with Crippen molar-refractivity contribution in [1.29, 1.82) is 0 Å². The van der Waals surface area contributed by atoms with Crippen LogP contribution in [-0.4, -0.2) is 35.0 Å². The lowest BCUT2D eigenvalue weighted by atomic mass is 9.82. The molecule has 1 saturated heterocycles. The fraction of sp³-hybridized carbons (Fsp3) is 0.440. The highest BCUT2D eigenvalue weighted by Gasteiger charge is 2.32. The summed E-state index contributed by atoms with van der Waals surface area (Å²) in [5.41, 5.74) is 6.11. The van der Waals surface area contributed by atoms with E-state index in [1.807, 2.05) is 27.0 Å². The van der Waals surface area contributed by atoms with Gasteiger partial charge in [0.15, 0.2) is 0 Å². The second-order valence-electron chi connectivity index (χ2n) is 9.30. The van der Waals surface area contributed by atoms with Crippen molar-refractivity contribution >= 4 is 16.8 Å². The Morgan fingerprint density at radius 1 is 1.23 bits per heavy atom. The first-order valence-electron chi connectivity index (χ1n) is 10.9. The number of carbonyl (C=O) groups excluding carboxylic acids is 1. The zero-order valence-electron chi connectivity index (χ0n) is 18.6. The summed E-state index contributed by atoms with van der Waals surface area (Å²) in [7, 11) is 0. The number of hydrogen-bond acceptors (Lipinski definition) is 3. The Hall–Kier alpha value is -2.66. The van der Waals surface area contributed by atoms with Gasteiger partial charge in [0.25, 0.3) is 0 Å². The van der Waals surface area contributed by atoms with Crippen LogP contribution in [0.4, 0.5) is 0 Å². The number of aromatic nitrogens is 2. The van der Waals surface area contributed by atoms with Crippen LogP contribution in [0.25, 0.3) is 22.2 Å². The van der Waals surface area contributed by atoms with E-state index in [0.717, 1.165) is 47.5 Å². The molecule has 0 radical (unpaired) electrons. The van der Waals surface area contributed by atoms with E-state index in [2.05, 4.69) is 64.8 Å². The number of rotatable bonds is 5. The lowest BCUT2D eigenvalue weighted by Crippen LogP contribution is -2.45. The van der Waals surface area contributed by atoms with Crippen LogP contribution in [0.2, 0.25) is 0 Å². The lowest BCUT2D eigenvalue weighted by molar-refractivity contribution is -0.126. The van der Waals surface area contributed by atoms with Gasteiger partial charge in [-0.05, 0) is 75.0 Å². The average Bonchev–Trinajstić information content (AvgIpc) is 3.34. The molecule has 1 amide bonds. The van der Waals surface area contributed by atoms with Gasteiger partial charge >= 0.3 is 0 Å². The van der Waals surface area contributed by atoms with E-state index in [1.165, 1.54) is 10.9 Å². The van der Waals surface area contributed by atoms with Gasteiger partial charge in [0.2, 0.25) is 5.91 Å². The summed E-state index contributed by atoms with van der Waals surface area (Å²) in [6, 6.07) is 10.8. The molecule has 2 aromatic heterocycles. The fourth-order valence-corrected chi connectivity index (χ4v) is 4.40. The molecule has 0 saturated carbocycles. The van der Waals surface area contributed by atoms with Gasteiger partial charge < -0.3 is 15.6 Å². The Balaban J connectivity index is 1.76. The van der Waals surface area contributed by atoms with E-state index < -0.39 is 5.41 Å². The number of aromatic amines is 1. The van der Waals surface area contributed by atoms with Crippen LogP contribution in [0.1, 0.15) is 56.9 Å². The maximum absolute atomic E-state index is 13.1. The van der Waals surface area contributed by atoms with Crippen LogP contribution >= 0.6 is 0 Å². The number of carbonyl (C=O) groups is 1. The van der Waals surface area contributed by atoms with E-state index >= 15 is 0 Å². The summed E-state index contributed by atoms with van der Waals surface area (Å²) in [6.07, 6.45) is 2.85. The third-order valence-corrected chi connectivity index (χ3v) is 6.29. The molecule has 0 spiro atoms. The first-order valence-corrected chi connectivity index (χ1v) is 10.9. The molecular formula is C25H32N4O. The summed E-state index contributed by atoms with van der Waals surface area (Å²) in [5.74, 6) is 0.432. The van der Waals surface area contributed by atoms with Crippen LogP contribution in [0.5, 0.6) is 0 Å². The maximum Gasteiger partial charge on any atom is 0.230 e. The van der Waals surface area contributed by atoms with Crippen molar-refractivity contribution in [1.82, 2.24) is 20.6 Å². The number of amides is 1. The van der Waals surface area contributed by atoms with E-state index in [-0.39, 0.29) is 11.9 Å². The Kier molecular flexibility index (Phi) is 5.41. The van der Waals surface area contributed by atoms with Crippen molar-refractivity contribution in [3.05, 3.63) is 53.3 Å². The molecule has 4 rings (SSSR count). The highest BCUT2D eigenvalue weighted by molar-refractivity contribution is 5.94. The second-order valence-corrected chi connectivity index (χ2v) is 9.30. The number of hydrogen-bond donors (Lipinski definition) is 3. The molecule has 0 bridgehead atoms. The molecule has 3 heterocycles. The molecular weight excluding hydrogens is 372 g/mol. The van der Waals surface area contributed by atoms with Gasteiger partial charge in [-0.25, -0.2) is 0 Å². The standard InChI is InChI=1S/C25H32N4O/c1-15(2)22-20-13-18(25(4,5)24(30)28-19-9-10-26-14-19)6-7-21(20)29-23(22)17-8-11-27-16(3)12-17/h6-8,11-13,15,19,26,29H,9-10,14H2,1-5H3,(H,28,30). The topological polar surface area (TPSA) is 69.8 Å². The van der Waals surface area contributed by atoms with Crippen LogP contribution in [-0.2, 0) is 10.2 Å². The van der Waals surface area contributed by atoms with Gasteiger partial charge in [-0.1, -0.05) is 19.9 Å². The van der Waals surface area contributed by atoms with Gasteiger partial charge in [0.05, 0.1) is 11.1 Å². The first kappa shape index (κ1) is 20.6. The predicted octanol–water partition coefficient (Wildman–Crippen LogP) is 4.42. The third kappa shape index (κ3) is 3.74. The van der Waals surface area contributed by atoms with Crippen LogP contribution in [0.15, 0.2) is 36.5 Å². The van der Waals surface area contributed by atoms with Gasteiger partial charge in [-0.15, -0.1) is 0 Å². The molecule has 158 valence electrons. The molecule has 30 heavy (non-hydrogen) atoms. The van der Waals surface area contributed by atoms with Crippen molar-refractivity contribution in [3.63, 3.8) is 0 Å². The van der Waals surface area contributed by atoms with Crippen molar-refractivity contribution in [2.75, 3.05) is 13.1 Å². The molecule has 1 aliphatic heterocycles. The number of pyridine rings is 1. The second kappa shape index (κ2) is 7.88. The van der Waals surface area contributed by atoms with Crippen LogP contribution < -0.4 is 10.6 Å². The smallest absolute Gasteiger partial charge is 0.230 e. The van der Waals surface area contributed by atoms with Gasteiger partial charge in [-0.2, -0.15) is 0 Å². The van der Waals surface area contributed by atoms with Crippen LogP contribution in [0, 0.1) is 6.92 Å². The summed E-state index contributed by atoms with van der Waals surface area (Å²) in [5, 5.41) is 7.73. The number of benzene rings is 1. The monoisotopic (exact) mass is 404 g/mol. The number of nitrogens with zero attached hydrogens (tertiary/aromatic N) is 1. The van der Waals surface area contributed by atoms with Crippen LogP contribution in [0.3, 0.4) is 0 Å². The fourth-order valence-electron chi connectivity index (χ4n) is 4.40. The lowest BCUT2D eigenvalue weighted by Gasteiger charge is -2.26. The molecule has 3 N–H and O–H groups in total. The average molecular weight is 405 g/mol. The van der Waals surface area contributed by atoms with E-state index in [9.17, 15) is 4.79 Å². The first-order chi connectivity index (χ1) is 14.3. The molecule has 1 aromatic carbocycles. The van der Waals surface area contributed by atoms with Crippen molar-refractivity contribution in [2.24, 2.45) is 0 Å². The minimum atomic E-state index is -0.601. The number of H-pyrrole nitrogens is 1. The Labute approximate surface area is 178 Å². The summed E-state index contributed by atoms with van der Waals surface area (Å²) in [4.78, 5) is 21.0. The summed E-state index contributed by atoms with van der Waals surface area (Å²) in [6.45, 7) is 12.3. The molecule has 1 fully saturated rings. The minimum Gasteiger partial charge on any atom is -0.354 e. The molecule has 5 nitrogen and oxygen atoms in total. The van der Waals surface area contributed by atoms with Crippen molar-refractivity contribution in [3.8, 4) is 11.3 Å².